The molecule has 3 rings (SSSR count). The van der Waals surface area contributed by atoms with Gasteiger partial charge in [-0.2, -0.15) is 0 Å². The van der Waals surface area contributed by atoms with E-state index < -0.39 is 12.0 Å². The number of carbonyl (C=O) groups is 2. The molecular weight excluding hydrogens is 408 g/mol. The Morgan fingerprint density at radius 3 is 2.44 bits per heavy atom. The summed E-state index contributed by atoms with van der Waals surface area (Å²) in [7, 11) is 3.15. The van der Waals surface area contributed by atoms with Gasteiger partial charge in [0, 0.05) is 12.6 Å². The Balaban J connectivity index is 2.01. The number of nitrogens with zero attached hydrogens (tertiary/aromatic N) is 1. The monoisotopic (exact) mass is 438 g/mol. The highest BCUT2D eigenvalue weighted by atomic mass is 16.5. The number of likely N-dealkylation sites (N-methyl/N-ethyl adjacent to an activating group) is 1. The normalized spacial score (nSPS) is 16.1. The fourth-order valence-corrected chi connectivity index (χ4v) is 3.62. The number of carbonyl (C=O) groups excluding carboxylic acids is 2. The lowest BCUT2D eigenvalue weighted by molar-refractivity contribution is -0.139. The summed E-state index contributed by atoms with van der Waals surface area (Å²) in [6.45, 7) is 6.24. The molecule has 7 nitrogen and oxygen atoms in total. The second kappa shape index (κ2) is 10.2. The maximum Gasteiger partial charge on any atom is 0.338 e. The van der Waals surface area contributed by atoms with Crippen LogP contribution in [0.5, 0.6) is 11.5 Å². The third kappa shape index (κ3) is 4.88. The predicted molar refractivity (Wildman–Crippen MR) is 122 cm³/mol. The molecule has 1 atom stereocenters. The molecule has 1 N–H and O–H groups in total. The number of esters is 1. The van der Waals surface area contributed by atoms with Gasteiger partial charge < -0.3 is 19.5 Å². The van der Waals surface area contributed by atoms with Crippen LogP contribution < -0.4 is 14.8 Å². The van der Waals surface area contributed by atoms with Gasteiger partial charge in [-0.25, -0.2) is 9.59 Å². The lowest BCUT2D eigenvalue weighted by Gasteiger charge is -2.34. The van der Waals surface area contributed by atoms with E-state index in [9.17, 15) is 9.59 Å². The first-order chi connectivity index (χ1) is 15.4. The summed E-state index contributed by atoms with van der Waals surface area (Å²) in [4.78, 5) is 27.2. The molecular formula is C25H30N2O5. The zero-order chi connectivity index (χ0) is 23.3. The average Bonchev–Trinajstić information content (AvgIpc) is 2.80. The Bertz CT molecular complexity index is 998. The van der Waals surface area contributed by atoms with Crippen molar-refractivity contribution in [1.29, 1.82) is 0 Å². The van der Waals surface area contributed by atoms with Crippen LogP contribution in [0.25, 0.3) is 0 Å². The van der Waals surface area contributed by atoms with Crippen LogP contribution in [0.4, 0.5) is 4.79 Å². The largest absolute Gasteiger partial charge is 0.496 e. The van der Waals surface area contributed by atoms with Crippen molar-refractivity contribution in [3.8, 4) is 11.5 Å². The summed E-state index contributed by atoms with van der Waals surface area (Å²) in [5, 5.41) is 2.89. The number of ether oxygens (including phenoxy) is 3. The van der Waals surface area contributed by atoms with Crippen molar-refractivity contribution in [3.05, 3.63) is 70.9 Å². The average molecular weight is 439 g/mol. The van der Waals surface area contributed by atoms with Gasteiger partial charge in [-0.05, 0) is 36.6 Å². The summed E-state index contributed by atoms with van der Waals surface area (Å²) in [6, 6.07) is 14.0. The van der Waals surface area contributed by atoms with E-state index in [1.165, 1.54) is 10.5 Å². The van der Waals surface area contributed by atoms with Gasteiger partial charge in [0.05, 0.1) is 31.0 Å². The molecule has 2 aromatic rings. The Morgan fingerprint density at radius 1 is 1.12 bits per heavy atom. The molecule has 0 fully saturated rings. The summed E-state index contributed by atoms with van der Waals surface area (Å²) in [5.41, 5.74) is 2.63. The van der Waals surface area contributed by atoms with Gasteiger partial charge in [-0.1, -0.05) is 44.2 Å². The van der Waals surface area contributed by atoms with Gasteiger partial charge in [0.1, 0.15) is 18.1 Å². The molecule has 2 aromatic carbocycles. The molecule has 0 radical (unpaired) electrons. The molecule has 1 aliphatic heterocycles. The van der Waals surface area contributed by atoms with Gasteiger partial charge in [0.2, 0.25) is 0 Å². The van der Waals surface area contributed by atoms with Crippen molar-refractivity contribution in [3.63, 3.8) is 0 Å². The Kier molecular flexibility index (Phi) is 7.41. The minimum absolute atomic E-state index is 0.0325. The van der Waals surface area contributed by atoms with Gasteiger partial charge in [0.25, 0.3) is 0 Å². The third-order valence-electron chi connectivity index (χ3n) is 5.44. The first-order valence-electron chi connectivity index (χ1n) is 10.7. The number of rotatable bonds is 8. The lowest BCUT2D eigenvalue weighted by atomic mass is 9.94. The Morgan fingerprint density at radius 2 is 1.81 bits per heavy atom. The fraction of sp³-hybridized carbons (Fsp3) is 0.360. The molecule has 0 aromatic heterocycles. The molecule has 1 unspecified atom stereocenters. The van der Waals surface area contributed by atoms with Gasteiger partial charge in [-0.15, -0.1) is 0 Å². The van der Waals surface area contributed by atoms with Crippen LogP contribution in [-0.4, -0.2) is 44.3 Å². The third-order valence-corrected chi connectivity index (χ3v) is 5.44. The van der Waals surface area contributed by atoms with Gasteiger partial charge >= 0.3 is 12.0 Å². The number of benzene rings is 2. The highest BCUT2D eigenvalue weighted by Gasteiger charge is 2.38. The number of amides is 2. The van der Waals surface area contributed by atoms with E-state index in [2.05, 4.69) is 19.2 Å². The van der Waals surface area contributed by atoms with Crippen LogP contribution in [0, 0.1) is 0 Å². The van der Waals surface area contributed by atoms with E-state index in [1.807, 2.05) is 42.5 Å². The van der Waals surface area contributed by atoms with Gasteiger partial charge in [0.15, 0.2) is 0 Å². The summed E-state index contributed by atoms with van der Waals surface area (Å²) in [6.07, 6.45) is 0. The summed E-state index contributed by atoms with van der Waals surface area (Å²) >= 11 is 0. The van der Waals surface area contributed by atoms with Crippen LogP contribution in [0.2, 0.25) is 0 Å². The molecule has 0 saturated carbocycles. The molecule has 0 aliphatic carbocycles. The van der Waals surface area contributed by atoms with Crippen molar-refractivity contribution < 1.29 is 23.8 Å². The Labute approximate surface area is 189 Å². The first kappa shape index (κ1) is 23.2. The molecule has 0 bridgehead atoms. The van der Waals surface area contributed by atoms with E-state index in [1.54, 1.807) is 27.1 Å². The SMILES string of the molecule is CCOC(=O)C1=C(COc2ccc(C(C)C)cc2)N(C)C(=O)NC1c1ccccc1OC. The number of para-hydroxylation sites is 1. The molecule has 0 spiro atoms. The molecule has 32 heavy (non-hydrogen) atoms. The molecule has 7 heteroatoms. The van der Waals surface area contributed by atoms with E-state index in [0.717, 1.165) is 0 Å². The first-order valence-corrected chi connectivity index (χ1v) is 10.7. The van der Waals surface area contributed by atoms with Gasteiger partial charge in [-0.3, -0.25) is 4.90 Å². The molecule has 1 heterocycles. The second-order valence-electron chi connectivity index (χ2n) is 7.78. The number of nitrogens with one attached hydrogen (secondary N) is 1. The molecule has 170 valence electrons. The van der Waals surface area contributed by atoms with E-state index in [4.69, 9.17) is 14.2 Å². The summed E-state index contributed by atoms with van der Waals surface area (Å²) < 4.78 is 16.8. The second-order valence-corrected chi connectivity index (χ2v) is 7.78. The lowest BCUT2D eigenvalue weighted by Crippen LogP contribution is -2.48. The van der Waals surface area contributed by atoms with Crippen molar-refractivity contribution in [2.24, 2.45) is 0 Å². The number of methoxy groups -OCH3 is 1. The maximum atomic E-state index is 13.0. The fourth-order valence-electron chi connectivity index (χ4n) is 3.62. The topological polar surface area (TPSA) is 77.1 Å². The van der Waals surface area contributed by atoms with Crippen LogP contribution in [0.1, 0.15) is 43.9 Å². The van der Waals surface area contributed by atoms with Crippen LogP contribution >= 0.6 is 0 Å². The smallest absolute Gasteiger partial charge is 0.338 e. The van der Waals surface area contributed by atoms with E-state index >= 15 is 0 Å². The highest BCUT2D eigenvalue weighted by molar-refractivity contribution is 5.95. The zero-order valence-electron chi connectivity index (χ0n) is 19.2. The number of urea groups is 1. The summed E-state index contributed by atoms with van der Waals surface area (Å²) in [5.74, 6) is 1.12. The molecule has 0 saturated heterocycles. The number of hydrogen-bond donors (Lipinski definition) is 1. The van der Waals surface area contributed by atoms with Crippen molar-refractivity contribution in [2.45, 2.75) is 32.7 Å². The van der Waals surface area contributed by atoms with Crippen molar-refractivity contribution >= 4 is 12.0 Å². The minimum Gasteiger partial charge on any atom is -0.496 e. The van der Waals surface area contributed by atoms with Crippen LogP contribution in [0.3, 0.4) is 0 Å². The van der Waals surface area contributed by atoms with Crippen LogP contribution in [-0.2, 0) is 9.53 Å². The van der Waals surface area contributed by atoms with E-state index in [-0.39, 0.29) is 19.2 Å². The predicted octanol–water partition coefficient (Wildman–Crippen LogP) is 4.41. The number of hydrogen-bond acceptors (Lipinski definition) is 5. The molecule has 1 aliphatic rings. The quantitative estimate of drug-likeness (QED) is 0.618. The zero-order valence-corrected chi connectivity index (χ0v) is 19.2. The maximum absolute atomic E-state index is 13.0. The van der Waals surface area contributed by atoms with E-state index in [0.29, 0.717) is 34.3 Å². The highest BCUT2D eigenvalue weighted by Crippen LogP contribution is 2.35. The van der Waals surface area contributed by atoms with Crippen LogP contribution in [0.15, 0.2) is 59.8 Å². The molecule has 2 amide bonds. The minimum atomic E-state index is -0.726. The Hall–Kier alpha value is -3.48. The standard InChI is InChI=1S/C25H30N2O5/c1-6-31-24(28)22-20(15-32-18-13-11-17(12-14-18)16(2)3)27(4)25(29)26-23(22)19-9-7-8-10-21(19)30-5/h7-14,16,23H,6,15H2,1-5H3,(H,26,29). The van der Waals surface area contributed by atoms with Crippen molar-refractivity contribution in [2.75, 3.05) is 27.4 Å². The van der Waals surface area contributed by atoms with Crippen molar-refractivity contribution in [1.82, 2.24) is 10.2 Å².